The first kappa shape index (κ1) is 13.2. The lowest BCUT2D eigenvalue weighted by molar-refractivity contribution is -0.115. The molecule has 1 heterocycles. The molecular weight excluding hydrogens is 264 g/mol. The van der Waals surface area contributed by atoms with Crippen molar-refractivity contribution < 1.29 is 9.59 Å². The molecule has 0 saturated carbocycles. The molecule has 0 unspecified atom stereocenters. The summed E-state index contributed by atoms with van der Waals surface area (Å²) < 4.78 is 0. The Balaban J connectivity index is 1.85. The zero-order valence-electron chi connectivity index (χ0n) is 9.87. The monoisotopic (exact) mass is 274 g/mol. The second kappa shape index (κ2) is 6.05. The van der Waals surface area contributed by atoms with Gasteiger partial charge < -0.3 is 5.32 Å². The molecule has 2 rings (SSSR count). The third-order valence-corrected chi connectivity index (χ3v) is 2.93. The fourth-order valence-corrected chi connectivity index (χ4v) is 1.81. The Morgan fingerprint density at radius 1 is 1.26 bits per heavy atom. The van der Waals surface area contributed by atoms with E-state index in [4.69, 9.17) is 0 Å². The molecule has 0 radical (unpaired) electrons. The number of aliphatic imine (C=N–C) groups is 1. The number of carbonyl (C=O) groups excluding carboxylic acids is 2. The van der Waals surface area contributed by atoms with Crippen molar-refractivity contribution in [1.29, 1.82) is 0 Å². The van der Waals surface area contributed by atoms with E-state index >= 15 is 0 Å². The number of amides is 2. The summed E-state index contributed by atoms with van der Waals surface area (Å²) in [5.41, 5.74) is 0.711. The third kappa shape index (κ3) is 3.85. The van der Waals surface area contributed by atoms with Crippen molar-refractivity contribution >= 4 is 34.4 Å². The van der Waals surface area contributed by atoms with Gasteiger partial charge in [0.1, 0.15) is 5.70 Å². The molecule has 19 heavy (non-hydrogen) atoms. The molecule has 0 aliphatic carbocycles. The van der Waals surface area contributed by atoms with Gasteiger partial charge in [-0.2, -0.15) is 4.99 Å². The van der Waals surface area contributed by atoms with Crippen molar-refractivity contribution in [3.05, 3.63) is 42.6 Å². The van der Waals surface area contributed by atoms with Crippen LogP contribution in [0.4, 0.5) is 5.69 Å². The molecule has 2 amide bonds. The minimum atomic E-state index is -0.527. The van der Waals surface area contributed by atoms with Crippen LogP contribution in [0, 0.1) is 0 Å². The number of hydrogen-bond donors (Lipinski definition) is 1. The van der Waals surface area contributed by atoms with Gasteiger partial charge in [-0.25, -0.2) is 0 Å². The smallest absolute Gasteiger partial charge is 0.299 e. The number of nitrogens with one attached hydrogen (secondary N) is 1. The summed E-state index contributed by atoms with van der Waals surface area (Å²) in [7, 11) is 0. The molecule has 7 heteroatoms. The maximum Gasteiger partial charge on any atom is 0.299 e. The second-order valence-electron chi connectivity index (χ2n) is 3.55. The van der Waals surface area contributed by atoms with Gasteiger partial charge in [-0.15, -0.1) is 10.2 Å². The largest absolute Gasteiger partial charge is 0.325 e. The molecule has 6 nitrogen and oxygen atoms in total. The molecule has 1 N–H and O–H groups in total. The number of nitrogens with zero attached hydrogens (tertiary/aromatic N) is 3. The lowest BCUT2D eigenvalue weighted by atomic mass is 10.3. The highest BCUT2D eigenvalue weighted by molar-refractivity contribution is 8.14. The summed E-state index contributed by atoms with van der Waals surface area (Å²) >= 11 is 1.05. The average molecular weight is 274 g/mol. The van der Waals surface area contributed by atoms with Crippen molar-refractivity contribution in [1.82, 2.24) is 0 Å². The normalized spacial score (nSPS) is 14.2. The van der Waals surface area contributed by atoms with Gasteiger partial charge in [-0.1, -0.05) is 36.5 Å². The van der Waals surface area contributed by atoms with E-state index in [0.29, 0.717) is 5.69 Å². The number of amidine groups is 1. The standard InChI is InChI=1S/C12H10N4O2S/c1-8-11(18)14-12(16-15-8)19-7-10(17)13-9-5-3-2-4-6-9/h2-6H,1,7H2,(H,13,17). The lowest BCUT2D eigenvalue weighted by Crippen LogP contribution is -2.15. The summed E-state index contributed by atoms with van der Waals surface area (Å²) in [6.07, 6.45) is 0. The molecule has 1 aliphatic rings. The van der Waals surface area contributed by atoms with Gasteiger partial charge in [0, 0.05) is 5.69 Å². The first-order chi connectivity index (χ1) is 9.15. The van der Waals surface area contributed by atoms with Gasteiger partial charge in [-0.3, -0.25) is 9.59 Å². The fraction of sp³-hybridized carbons (Fsp3) is 0.0833. The lowest BCUT2D eigenvalue weighted by Gasteiger charge is -2.05. The van der Waals surface area contributed by atoms with Crippen LogP contribution in [0.3, 0.4) is 0 Å². The van der Waals surface area contributed by atoms with E-state index in [9.17, 15) is 9.59 Å². The third-order valence-electron chi connectivity index (χ3n) is 2.09. The van der Waals surface area contributed by atoms with E-state index in [0.717, 1.165) is 11.8 Å². The number of hydrogen-bond acceptors (Lipinski definition) is 5. The molecule has 0 spiro atoms. The van der Waals surface area contributed by atoms with E-state index < -0.39 is 5.91 Å². The summed E-state index contributed by atoms with van der Waals surface area (Å²) in [4.78, 5) is 26.5. The van der Waals surface area contributed by atoms with Gasteiger partial charge >= 0.3 is 0 Å². The highest BCUT2D eigenvalue weighted by Gasteiger charge is 2.14. The second-order valence-corrected chi connectivity index (χ2v) is 4.49. The Bertz CT molecular complexity index is 581. The zero-order valence-corrected chi connectivity index (χ0v) is 10.7. The van der Waals surface area contributed by atoms with Crippen LogP contribution in [0.1, 0.15) is 0 Å². The molecule has 1 aromatic rings. The first-order valence-electron chi connectivity index (χ1n) is 5.36. The molecule has 0 fully saturated rings. The van der Waals surface area contributed by atoms with Crippen LogP contribution in [0.2, 0.25) is 0 Å². The van der Waals surface area contributed by atoms with Crippen LogP contribution in [-0.4, -0.2) is 22.7 Å². The van der Waals surface area contributed by atoms with Gasteiger partial charge in [0.25, 0.3) is 5.91 Å². The number of thioether (sulfide) groups is 1. The SMILES string of the molecule is C=C1N=NC(SCC(=O)Nc2ccccc2)=NC1=O. The summed E-state index contributed by atoms with van der Waals surface area (Å²) in [6.45, 7) is 3.38. The van der Waals surface area contributed by atoms with Crippen LogP contribution >= 0.6 is 11.8 Å². The molecule has 1 aromatic carbocycles. The highest BCUT2D eigenvalue weighted by Crippen LogP contribution is 2.14. The number of carbonyl (C=O) groups is 2. The van der Waals surface area contributed by atoms with Crippen LogP contribution in [0.25, 0.3) is 0 Å². The minimum Gasteiger partial charge on any atom is -0.325 e. The van der Waals surface area contributed by atoms with E-state index in [1.54, 1.807) is 12.1 Å². The number of anilines is 1. The Kier molecular flexibility index (Phi) is 4.19. The Labute approximate surface area is 113 Å². The average Bonchev–Trinajstić information content (AvgIpc) is 2.41. The van der Waals surface area contributed by atoms with Crippen LogP contribution in [0.5, 0.6) is 0 Å². The predicted molar refractivity (Wildman–Crippen MR) is 74.0 cm³/mol. The summed E-state index contributed by atoms with van der Waals surface area (Å²) in [6, 6.07) is 9.08. The Morgan fingerprint density at radius 2 is 2.00 bits per heavy atom. The topological polar surface area (TPSA) is 83.2 Å². The van der Waals surface area contributed by atoms with Crippen LogP contribution in [0.15, 0.2) is 57.8 Å². The summed E-state index contributed by atoms with van der Waals surface area (Å²) in [5.74, 6) is -0.626. The van der Waals surface area contributed by atoms with E-state index in [1.807, 2.05) is 18.2 Å². The first-order valence-corrected chi connectivity index (χ1v) is 6.35. The Hall–Kier alpha value is -2.28. The van der Waals surface area contributed by atoms with Gasteiger partial charge in [0.05, 0.1) is 5.75 Å². The molecule has 1 aliphatic heterocycles. The Morgan fingerprint density at radius 3 is 2.68 bits per heavy atom. The van der Waals surface area contributed by atoms with Gasteiger partial charge in [-0.05, 0) is 12.1 Å². The molecule has 0 aromatic heterocycles. The van der Waals surface area contributed by atoms with Crippen LogP contribution < -0.4 is 5.32 Å². The number of azo groups is 1. The number of para-hydroxylation sites is 1. The van der Waals surface area contributed by atoms with E-state index in [1.165, 1.54) is 0 Å². The molecule has 0 bridgehead atoms. The number of rotatable bonds is 3. The maximum absolute atomic E-state index is 11.6. The van der Waals surface area contributed by atoms with Crippen molar-refractivity contribution in [3.63, 3.8) is 0 Å². The molecule has 96 valence electrons. The van der Waals surface area contributed by atoms with Crippen molar-refractivity contribution in [2.75, 3.05) is 11.1 Å². The minimum absolute atomic E-state index is 0.00177. The van der Waals surface area contributed by atoms with Crippen molar-refractivity contribution in [2.45, 2.75) is 0 Å². The van der Waals surface area contributed by atoms with Crippen molar-refractivity contribution in [3.8, 4) is 0 Å². The molecular formula is C12H10N4O2S. The predicted octanol–water partition coefficient (Wildman–Crippen LogP) is 2.22. The van der Waals surface area contributed by atoms with Gasteiger partial charge in [0.2, 0.25) is 11.1 Å². The quantitative estimate of drug-likeness (QED) is 0.858. The van der Waals surface area contributed by atoms with Gasteiger partial charge in [0.15, 0.2) is 0 Å². The number of benzene rings is 1. The fourth-order valence-electron chi connectivity index (χ4n) is 1.23. The van der Waals surface area contributed by atoms with E-state index in [-0.39, 0.29) is 22.5 Å². The van der Waals surface area contributed by atoms with Crippen LogP contribution in [-0.2, 0) is 9.59 Å². The highest BCUT2D eigenvalue weighted by atomic mass is 32.2. The maximum atomic E-state index is 11.6. The molecule has 0 atom stereocenters. The molecule has 0 saturated heterocycles. The zero-order chi connectivity index (χ0) is 13.7. The van der Waals surface area contributed by atoms with Crippen molar-refractivity contribution in [2.24, 2.45) is 15.2 Å². The van der Waals surface area contributed by atoms with E-state index in [2.05, 4.69) is 27.1 Å². The summed E-state index contributed by atoms with van der Waals surface area (Å²) in [5, 5.41) is 10.1.